The van der Waals surface area contributed by atoms with Crippen LogP contribution in [0.2, 0.25) is 0 Å². The lowest BCUT2D eigenvalue weighted by Crippen LogP contribution is -2.28. The lowest BCUT2D eigenvalue weighted by Gasteiger charge is -2.17. The third-order valence-electron chi connectivity index (χ3n) is 5.23. The van der Waals surface area contributed by atoms with Crippen LogP contribution in [0.3, 0.4) is 0 Å². The van der Waals surface area contributed by atoms with Gasteiger partial charge in [-0.3, -0.25) is 9.59 Å². The highest BCUT2D eigenvalue weighted by Gasteiger charge is 2.34. The van der Waals surface area contributed by atoms with Crippen LogP contribution in [0.5, 0.6) is 5.75 Å². The highest BCUT2D eigenvalue weighted by Crippen LogP contribution is 2.34. The molecule has 3 aromatic rings. The number of nitrogens with one attached hydrogen (secondary N) is 1. The molecule has 1 unspecified atom stereocenters. The molecular weight excluding hydrogens is 408 g/mol. The molecular formula is C25H24N2O3S. The molecule has 1 aliphatic rings. The van der Waals surface area contributed by atoms with Crippen molar-refractivity contribution in [2.24, 2.45) is 5.92 Å². The van der Waals surface area contributed by atoms with Crippen molar-refractivity contribution in [2.75, 3.05) is 19.0 Å². The van der Waals surface area contributed by atoms with Crippen molar-refractivity contribution in [2.45, 2.75) is 22.8 Å². The number of nitrogens with zero attached hydrogens (tertiary/aromatic N) is 1. The molecule has 0 saturated carbocycles. The fourth-order valence-electron chi connectivity index (χ4n) is 3.56. The zero-order valence-corrected chi connectivity index (χ0v) is 18.1. The number of carbonyl (C=O) groups is 2. The van der Waals surface area contributed by atoms with Crippen molar-refractivity contribution in [1.82, 2.24) is 4.90 Å². The highest BCUT2D eigenvalue weighted by atomic mass is 32.2. The van der Waals surface area contributed by atoms with Crippen molar-refractivity contribution in [3.63, 3.8) is 0 Å². The van der Waals surface area contributed by atoms with Crippen molar-refractivity contribution >= 4 is 29.3 Å². The van der Waals surface area contributed by atoms with Gasteiger partial charge in [0.2, 0.25) is 11.8 Å². The molecule has 31 heavy (non-hydrogen) atoms. The number of carbonyl (C=O) groups excluding carboxylic acids is 2. The summed E-state index contributed by atoms with van der Waals surface area (Å²) in [6.07, 6.45) is 0.232. The van der Waals surface area contributed by atoms with Crippen molar-refractivity contribution < 1.29 is 14.3 Å². The number of rotatable bonds is 7. The lowest BCUT2D eigenvalue weighted by atomic mass is 10.1. The SMILES string of the molecule is COc1ccc(CN2CC(C(=O)Nc3ccccc3Sc3ccccc3)CC2=O)cc1. The van der Waals surface area contributed by atoms with Gasteiger partial charge in [0.1, 0.15) is 5.75 Å². The predicted molar refractivity (Wildman–Crippen MR) is 122 cm³/mol. The van der Waals surface area contributed by atoms with Crippen LogP contribution < -0.4 is 10.1 Å². The van der Waals surface area contributed by atoms with Gasteiger partial charge in [0.15, 0.2) is 0 Å². The average Bonchev–Trinajstić information content (AvgIpc) is 3.16. The Kier molecular flexibility index (Phi) is 6.57. The van der Waals surface area contributed by atoms with E-state index in [0.29, 0.717) is 13.1 Å². The van der Waals surface area contributed by atoms with E-state index in [-0.39, 0.29) is 24.2 Å². The molecule has 0 radical (unpaired) electrons. The molecule has 1 fully saturated rings. The second kappa shape index (κ2) is 9.71. The second-order valence-electron chi connectivity index (χ2n) is 7.42. The summed E-state index contributed by atoms with van der Waals surface area (Å²) in [6.45, 7) is 0.914. The van der Waals surface area contributed by atoms with Gasteiger partial charge in [-0.05, 0) is 42.0 Å². The minimum Gasteiger partial charge on any atom is -0.497 e. The van der Waals surface area contributed by atoms with E-state index < -0.39 is 0 Å². The van der Waals surface area contributed by atoms with Gasteiger partial charge in [-0.15, -0.1) is 0 Å². The van der Waals surface area contributed by atoms with Gasteiger partial charge >= 0.3 is 0 Å². The molecule has 1 aliphatic heterocycles. The van der Waals surface area contributed by atoms with Crippen molar-refractivity contribution in [3.8, 4) is 5.75 Å². The van der Waals surface area contributed by atoms with Crippen LogP contribution in [0.25, 0.3) is 0 Å². The summed E-state index contributed by atoms with van der Waals surface area (Å²) in [6, 6.07) is 25.4. The first-order chi connectivity index (χ1) is 15.1. The molecule has 5 nitrogen and oxygen atoms in total. The molecule has 1 saturated heterocycles. The third kappa shape index (κ3) is 5.27. The first kappa shape index (κ1) is 21.0. The summed E-state index contributed by atoms with van der Waals surface area (Å²) in [7, 11) is 1.62. The Bertz CT molecular complexity index is 1050. The summed E-state index contributed by atoms with van der Waals surface area (Å²) in [5.41, 5.74) is 1.78. The summed E-state index contributed by atoms with van der Waals surface area (Å²) in [4.78, 5) is 29.2. The van der Waals surface area contributed by atoms with Crippen LogP contribution in [-0.2, 0) is 16.1 Å². The first-order valence-corrected chi connectivity index (χ1v) is 11.0. The Morgan fingerprint density at radius 3 is 2.48 bits per heavy atom. The minimum absolute atomic E-state index is 0.00270. The Balaban J connectivity index is 1.40. The molecule has 158 valence electrons. The molecule has 0 bridgehead atoms. The summed E-state index contributed by atoms with van der Waals surface area (Å²) >= 11 is 1.60. The summed E-state index contributed by atoms with van der Waals surface area (Å²) in [5.74, 6) is 0.302. The molecule has 1 N–H and O–H groups in total. The molecule has 0 aliphatic carbocycles. The Labute approximate surface area is 186 Å². The largest absolute Gasteiger partial charge is 0.497 e. The van der Waals surface area contributed by atoms with Gasteiger partial charge in [0.25, 0.3) is 0 Å². The van der Waals surface area contributed by atoms with Crippen LogP contribution in [0.15, 0.2) is 88.7 Å². The molecule has 0 spiro atoms. The summed E-state index contributed by atoms with van der Waals surface area (Å²) in [5, 5.41) is 3.04. The molecule has 3 aromatic carbocycles. The van der Waals surface area contributed by atoms with Crippen LogP contribution in [0.4, 0.5) is 5.69 Å². The fraction of sp³-hybridized carbons (Fsp3) is 0.200. The monoisotopic (exact) mass is 432 g/mol. The zero-order valence-electron chi connectivity index (χ0n) is 17.3. The number of methoxy groups -OCH3 is 1. The second-order valence-corrected chi connectivity index (χ2v) is 8.54. The Morgan fingerprint density at radius 1 is 1.03 bits per heavy atom. The van der Waals surface area contributed by atoms with Gasteiger partial charge in [-0.2, -0.15) is 0 Å². The number of ether oxygens (including phenoxy) is 1. The van der Waals surface area contributed by atoms with Crippen LogP contribution in [-0.4, -0.2) is 30.4 Å². The van der Waals surface area contributed by atoms with Gasteiger partial charge in [0.05, 0.1) is 18.7 Å². The Morgan fingerprint density at radius 2 is 1.74 bits per heavy atom. The van der Waals surface area contributed by atoms with Crippen LogP contribution >= 0.6 is 11.8 Å². The smallest absolute Gasteiger partial charge is 0.229 e. The standard InChI is InChI=1S/C25H24N2O3S/c1-30-20-13-11-18(12-14-20)16-27-17-19(15-24(27)28)25(29)26-22-9-5-6-10-23(22)31-21-7-3-2-4-8-21/h2-14,19H,15-17H2,1H3,(H,26,29). The van der Waals surface area contributed by atoms with E-state index in [1.54, 1.807) is 23.8 Å². The number of anilines is 1. The number of hydrogen-bond acceptors (Lipinski definition) is 4. The van der Waals surface area contributed by atoms with Crippen LogP contribution in [0, 0.1) is 5.92 Å². The minimum atomic E-state index is -0.361. The first-order valence-electron chi connectivity index (χ1n) is 10.2. The molecule has 1 heterocycles. The Hall–Kier alpha value is -3.25. The van der Waals surface area contributed by atoms with Gasteiger partial charge in [-0.1, -0.05) is 54.2 Å². The van der Waals surface area contributed by atoms with E-state index in [4.69, 9.17) is 4.74 Å². The highest BCUT2D eigenvalue weighted by molar-refractivity contribution is 7.99. The quantitative estimate of drug-likeness (QED) is 0.581. The van der Waals surface area contributed by atoms with E-state index in [1.807, 2.05) is 78.9 Å². The third-order valence-corrected chi connectivity index (χ3v) is 6.32. The maximum atomic E-state index is 12.9. The molecule has 2 amide bonds. The topological polar surface area (TPSA) is 58.6 Å². The maximum absolute atomic E-state index is 12.9. The molecule has 1 atom stereocenters. The predicted octanol–water partition coefficient (Wildman–Crippen LogP) is 4.83. The number of likely N-dealkylation sites (tertiary alicyclic amines) is 1. The maximum Gasteiger partial charge on any atom is 0.229 e. The number of benzene rings is 3. The van der Waals surface area contributed by atoms with Gasteiger partial charge < -0.3 is 15.0 Å². The van der Waals surface area contributed by atoms with Crippen molar-refractivity contribution in [1.29, 1.82) is 0 Å². The van der Waals surface area contributed by atoms with Gasteiger partial charge in [-0.25, -0.2) is 0 Å². The van der Waals surface area contributed by atoms with E-state index in [0.717, 1.165) is 26.8 Å². The molecule has 6 heteroatoms. The van der Waals surface area contributed by atoms with Crippen molar-refractivity contribution in [3.05, 3.63) is 84.4 Å². The average molecular weight is 433 g/mol. The van der Waals surface area contributed by atoms with Gasteiger partial charge in [0, 0.05) is 29.3 Å². The number of hydrogen-bond donors (Lipinski definition) is 1. The van der Waals surface area contributed by atoms with E-state index >= 15 is 0 Å². The molecule has 0 aromatic heterocycles. The number of para-hydroxylation sites is 1. The number of amides is 2. The zero-order chi connectivity index (χ0) is 21.6. The normalized spacial score (nSPS) is 15.7. The molecule has 4 rings (SSSR count). The van der Waals surface area contributed by atoms with Crippen LogP contribution in [0.1, 0.15) is 12.0 Å². The fourth-order valence-corrected chi connectivity index (χ4v) is 4.48. The van der Waals surface area contributed by atoms with E-state index in [9.17, 15) is 9.59 Å². The lowest BCUT2D eigenvalue weighted by molar-refractivity contribution is -0.128. The van der Waals surface area contributed by atoms with E-state index in [1.165, 1.54) is 0 Å². The summed E-state index contributed by atoms with van der Waals surface area (Å²) < 4.78 is 5.18. The van der Waals surface area contributed by atoms with E-state index in [2.05, 4.69) is 5.32 Å².